The molecule has 1 aromatic carbocycles. The molecule has 0 fully saturated rings. The van der Waals surface area contributed by atoms with Gasteiger partial charge in [-0.2, -0.15) is 13.2 Å². The molecule has 0 aliphatic carbocycles. The Kier molecular flexibility index (Phi) is 4.39. The Morgan fingerprint density at radius 3 is 2.30 bits per heavy atom. The number of pyridine rings is 1. The van der Waals surface area contributed by atoms with Crippen molar-refractivity contribution in [1.82, 2.24) is 4.98 Å². The average Bonchev–Trinajstić information content (AvgIpc) is 2.45. The van der Waals surface area contributed by atoms with E-state index in [1.54, 1.807) is 0 Å². The quantitative estimate of drug-likeness (QED) is 0.925. The van der Waals surface area contributed by atoms with E-state index < -0.39 is 17.8 Å². The van der Waals surface area contributed by atoms with Gasteiger partial charge in [-0.05, 0) is 30.5 Å². The van der Waals surface area contributed by atoms with E-state index in [1.165, 1.54) is 6.07 Å². The van der Waals surface area contributed by atoms with E-state index in [9.17, 15) is 18.3 Å². The van der Waals surface area contributed by atoms with Crippen molar-refractivity contribution in [2.45, 2.75) is 25.1 Å². The fraction of sp³-hybridized carbons (Fsp3) is 0.267. The summed E-state index contributed by atoms with van der Waals surface area (Å²) in [5, 5.41) is 9.93. The molecular formula is C15H14F3NO. The minimum absolute atomic E-state index is 0.258. The van der Waals surface area contributed by atoms with Crippen LogP contribution in [0.25, 0.3) is 0 Å². The number of rotatable bonds is 4. The number of benzene rings is 1. The van der Waals surface area contributed by atoms with E-state index in [-0.39, 0.29) is 5.69 Å². The Labute approximate surface area is 114 Å². The molecule has 2 rings (SSSR count). The second kappa shape index (κ2) is 6.05. The van der Waals surface area contributed by atoms with Gasteiger partial charge in [0.15, 0.2) is 0 Å². The van der Waals surface area contributed by atoms with Crippen LogP contribution in [0.2, 0.25) is 0 Å². The number of halogens is 3. The summed E-state index contributed by atoms with van der Waals surface area (Å²) in [6, 6.07) is 11.7. The molecule has 1 aromatic heterocycles. The van der Waals surface area contributed by atoms with E-state index in [2.05, 4.69) is 4.98 Å². The van der Waals surface area contributed by atoms with Crippen LogP contribution in [0.4, 0.5) is 13.2 Å². The molecular weight excluding hydrogens is 267 g/mol. The first kappa shape index (κ1) is 14.5. The summed E-state index contributed by atoms with van der Waals surface area (Å²) < 4.78 is 37.2. The van der Waals surface area contributed by atoms with Gasteiger partial charge in [0.25, 0.3) is 0 Å². The van der Waals surface area contributed by atoms with Crippen LogP contribution in [-0.4, -0.2) is 10.1 Å². The standard InChI is InChI=1S/C15H14F3NO/c16-15(17,18)12-7-8-13(19-10-12)14(20)9-6-11-4-2-1-3-5-11/h1-5,7-8,10,14,20H,6,9H2. The summed E-state index contributed by atoms with van der Waals surface area (Å²) in [4.78, 5) is 3.69. The molecule has 0 amide bonds. The number of aryl methyl sites for hydroxylation is 1. The summed E-state index contributed by atoms with van der Waals surface area (Å²) in [5.41, 5.74) is 0.518. The zero-order chi connectivity index (χ0) is 14.6. The van der Waals surface area contributed by atoms with Crippen molar-refractivity contribution in [3.8, 4) is 0 Å². The first-order valence-corrected chi connectivity index (χ1v) is 6.22. The monoisotopic (exact) mass is 281 g/mol. The van der Waals surface area contributed by atoms with Crippen molar-refractivity contribution in [3.05, 3.63) is 65.5 Å². The van der Waals surface area contributed by atoms with Crippen molar-refractivity contribution in [2.75, 3.05) is 0 Å². The van der Waals surface area contributed by atoms with Crippen LogP contribution in [0.15, 0.2) is 48.7 Å². The van der Waals surface area contributed by atoms with Crippen LogP contribution in [0.5, 0.6) is 0 Å². The van der Waals surface area contributed by atoms with Gasteiger partial charge in [-0.1, -0.05) is 30.3 Å². The van der Waals surface area contributed by atoms with Crippen LogP contribution in [0.3, 0.4) is 0 Å². The summed E-state index contributed by atoms with van der Waals surface area (Å²) >= 11 is 0. The van der Waals surface area contributed by atoms with Gasteiger partial charge < -0.3 is 5.11 Å². The lowest BCUT2D eigenvalue weighted by molar-refractivity contribution is -0.137. The fourth-order valence-electron chi connectivity index (χ4n) is 1.87. The Balaban J connectivity index is 1.97. The van der Waals surface area contributed by atoms with E-state index in [0.717, 1.165) is 17.8 Å². The Bertz CT molecular complexity index is 537. The van der Waals surface area contributed by atoms with Crippen molar-refractivity contribution >= 4 is 0 Å². The Morgan fingerprint density at radius 1 is 1.05 bits per heavy atom. The molecule has 5 heteroatoms. The fourth-order valence-corrected chi connectivity index (χ4v) is 1.87. The summed E-state index contributed by atoms with van der Waals surface area (Å²) in [7, 11) is 0. The lowest BCUT2D eigenvalue weighted by Gasteiger charge is -2.11. The zero-order valence-electron chi connectivity index (χ0n) is 10.6. The summed E-state index contributed by atoms with van der Waals surface area (Å²) in [6.45, 7) is 0. The molecule has 0 aliphatic heterocycles. The van der Waals surface area contributed by atoms with Gasteiger partial charge in [0.2, 0.25) is 0 Å². The maximum absolute atomic E-state index is 12.4. The molecule has 0 saturated heterocycles. The van der Waals surface area contributed by atoms with Crippen LogP contribution in [-0.2, 0) is 12.6 Å². The zero-order valence-corrected chi connectivity index (χ0v) is 10.6. The molecule has 1 unspecified atom stereocenters. The SMILES string of the molecule is OC(CCc1ccccc1)c1ccc(C(F)(F)F)cn1. The molecule has 2 nitrogen and oxygen atoms in total. The van der Waals surface area contributed by atoms with Gasteiger partial charge >= 0.3 is 6.18 Å². The average molecular weight is 281 g/mol. The summed E-state index contributed by atoms with van der Waals surface area (Å²) in [6.07, 6.45) is -3.45. The number of hydrogen-bond acceptors (Lipinski definition) is 2. The predicted octanol–water partition coefficient (Wildman–Crippen LogP) is 3.77. The van der Waals surface area contributed by atoms with E-state index in [0.29, 0.717) is 12.8 Å². The highest BCUT2D eigenvalue weighted by Gasteiger charge is 2.30. The molecule has 2 aromatic rings. The number of aliphatic hydroxyl groups excluding tert-OH is 1. The molecule has 106 valence electrons. The predicted molar refractivity (Wildman–Crippen MR) is 69.0 cm³/mol. The molecule has 0 spiro atoms. The van der Waals surface area contributed by atoms with Gasteiger partial charge in [0.05, 0.1) is 17.4 Å². The van der Waals surface area contributed by atoms with Crippen molar-refractivity contribution in [2.24, 2.45) is 0 Å². The maximum Gasteiger partial charge on any atom is 0.417 e. The van der Waals surface area contributed by atoms with Gasteiger partial charge in [0, 0.05) is 6.20 Å². The largest absolute Gasteiger partial charge is 0.417 e. The van der Waals surface area contributed by atoms with E-state index >= 15 is 0 Å². The van der Waals surface area contributed by atoms with Gasteiger partial charge in [-0.3, -0.25) is 4.98 Å². The molecule has 1 heterocycles. The Hall–Kier alpha value is -1.88. The lowest BCUT2D eigenvalue weighted by atomic mass is 10.0. The van der Waals surface area contributed by atoms with Crippen molar-refractivity contribution < 1.29 is 18.3 Å². The third kappa shape index (κ3) is 3.81. The van der Waals surface area contributed by atoms with Crippen LogP contribution >= 0.6 is 0 Å². The molecule has 0 aliphatic rings. The first-order chi connectivity index (χ1) is 9.47. The van der Waals surface area contributed by atoms with Crippen molar-refractivity contribution in [1.29, 1.82) is 0 Å². The number of hydrogen-bond donors (Lipinski definition) is 1. The smallest absolute Gasteiger partial charge is 0.387 e. The molecule has 0 radical (unpaired) electrons. The minimum atomic E-state index is -4.40. The molecule has 0 bridgehead atoms. The number of alkyl halides is 3. The highest BCUT2D eigenvalue weighted by molar-refractivity contribution is 5.19. The summed E-state index contributed by atoms with van der Waals surface area (Å²) in [5.74, 6) is 0. The highest BCUT2D eigenvalue weighted by Crippen LogP contribution is 2.29. The Morgan fingerprint density at radius 2 is 1.75 bits per heavy atom. The van der Waals surface area contributed by atoms with Crippen LogP contribution < -0.4 is 0 Å². The molecule has 20 heavy (non-hydrogen) atoms. The second-order valence-electron chi connectivity index (χ2n) is 4.51. The van der Waals surface area contributed by atoms with Crippen LogP contribution in [0.1, 0.15) is 29.3 Å². The normalized spacial score (nSPS) is 13.2. The van der Waals surface area contributed by atoms with Gasteiger partial charge in [-0.25, -0.2) is 0 Å². The topological polar surface area (TPSA) is 33.1 Å². The van der Waals surface area contributed by atoms with E-state index in [4.69, 9.17) is 0 Å². The molecule has 0 saturated carbocycles. The number of aliphatic hydroxyl groups is 1. The second-order valence-corrected chi connectivity index (χ2v) is 4.51. The first-order valence-electron chi connectivity index (χ1n) is 6.22. The van der Waals surface area contributed by atoms with Crippen molar-refractivity contribution in [3.63, 3.8) is 0 Å². The molecule has 1 atom stereocenters. The van der Waals surface area contributed by atoms with Gasteiger partial charge in [-0.15, -0.1) is 0 Å². The third-order valence-corrected chi connectivity index (χ3v) is 3.00. The lowest BCUT2D eigenvalue weighted by Crippen LogP contribution is -2.08. The molecule has 1 N–H and O–H groups in total. The third-order valence-electron chi connectivity index (χ3n) is 3.00. The van der Waals surface area contributed by atoms with Gasteiger partial charge in [0.1, 0.15) is 0 Å². The highest BCUT2D eigenvalue weighted by atomic mass is 19.4. The maximum atomic E-state index is 12.4. The van der Waals surface area contributed by atoms with E-state index in [1.807, 2.05) is 30.3 Å². The minimum Gasteiger partial charge on any atom is -0.387 e. The van der Waals surface area contributed by atoms with Crippen LogP contribution in [0, 0.1) is 0 Å². The number of nitrogens with zero attached hydrogens (tertiary/aromatic N) is 1. The number of aromatic nitrogens is 1.